The first-order chi connectivity index (χ1) is 12.8. The lowest BCUT2D eigenvalue weighted by atomic mass is 10.1. The number of nitrogens with zero attached hydrogens (tertiary/aromatic N) is 2. The van der Waals surface area contributed by atoms with E-state index >= 15 is 0 Å². The molecular formula is C19H16N2O6. The van der Waals surface area contributed by atoms with Gasteiger partial charge in [0.05, 0.1) is 16.9 Å². The Balaban J connectivity index is 1.69. The number of carbonyl (C=O) groups is 3. The molecule has 8 nitrogen and oxygen atoms in total. The molecule has 1 aliphatic rings. The molecule has 1 amide bonds. The minimum Gasteiger partial charge on any atom is -0.454 e. The Morgan fingerprint density at radius 2 is 1.89 bits per heavy atom. The molecule has 0 radical (unpaired) electrons. The van der Waals surface area contributed by atoms with Crippen LogP contribution in [0.5, 0.6) is 0 Å². The van der Waals surface area contributed by atoms with Crippen LogP contribution in [0.4, 0.5) is 11.4 Å². The first-order valence-corrected chi connectivity index (χ1v) is 8.13. The normalized spacial score (nSPS) is 12.7. The second-order valence-electron chi connectivity index (χ2n) is 6.23. The SMILES string of the molecule is Cc1ccc(C(=O)OCC(=O)c2ccc3c(c2)CC(=O)N3C)cc1[N+](=O)[O-]. The van der Waals surface area contributed by atoms with Crippen LogP contribution in [-0.4, -0.2) is 36.2 Å². The predicted octanol–water partition coefficient (Wildman–Crippen LogP) is 2.46. The van der Waals surface area contributed by atoms with E-state index in [2.05, 4.69) is 0 Å². The largest absolute Gasteiger partial charge is 0.454 e. The van der Waals surface area contributed by atoms with Gasteiger partial charge in [0, 0.05) is 29.9 Å². The number of aryl methyl sites for hydroxylation is 1. The molecule has 0 saturated carbocycles. The summed E-state index contributed by atoms with van der Waals surface area (Å²) in [5.41, 5.74) is 2.06. The summed E-state index contributed by atoms with van der Waals surface area (Å²) >= 11 is 0. The molecule has 27 heavy (non-hydrogen) atoms. The standard InChI is InChI=1S/C19H16N2O6/c1-11-3-4-13(8-16(11)21(25)26)19(24)27-10-17(22)12-5-6-15-14(7-12)9-18(23)20(15)2/h3-8H,9-10H2,1-2H3. The van der Waals surface area contributed by atoms with Crippen molar-refractivity contribution in [3.63, 3.8) is 0 Å². The third kappa shape index (κ3) is 3.55. The van der Waals surface area contributed by atoms with Gasteiger partial charge in [-0.15, -0.1) is 0 Å². The predicted molar refractivity (Wildman–Crippen MR) is 96.0 cm³/mol. The number of amides is 1. The van der Waals surface area contributed by atoms with E-state index in [1.807, 2.05) is 0 Å². The van der Waals surface area contributed by atoms with E-state index in [9.17, 15) is 24.5 Å². The minimum absolute atomic E-state index is 0.00118. The highest BCUT2D eigenvalue weighted by Gasteiger charge is 2.25. The van der Waals surface area contributed by atoms with E-state index in [-0.39, 0.29) is 23.6 Å². The molecular weight excluding hydrogens is 352 g/mol. The summed E-state index contributed by atoms with van der Waals surface area (Å²) in [4.78, 5) is 48.0. The van der Waals surface area contributed by atoms with Crippen molar-refractivity contribution in [1.82, 2.24) is 0 Å². The highest BCUT2D eigenvalue weighted by Crippen LogP contribution is 2.28. The number of ether oxygens (including phenoxy) is 1. The Labute approximate surface area is 154 Å². The van der Waals surface area contributed by atoms with Gasteiger partial charge in [-0.2, -0.15) is 0 Å². The third-order valence-electron chi connectivity index (χ3n) is 4.45. The Bertz CT molecular complexity index is 982. The second kappa shape index (κ2) is 6.99. The van der Waals surface area contributed by atoms with Crippen LogP contribution >= 0.6 is 0 Å². The molecule has 1 aliphatic heterocycles. The molecule has 0 atom stereocenters. The van der Waals surface area contributed by atoms with Crippen LogP contribution in [0.15, 0.2) is 36.4 Å². The van der Waals surface area contributed by atoms with E-state index < -0.39 is 23.3 Å². The summed E-state index contributed by atoms with van der Waals surface area (Å²) < 4.78 is 4.99. The number of anilines is 1. The summed E-state index contributed by atoms with van der Waals surface area (Å²) in [6.07, 6.45) is 0.222. The van der Waals surface area contributed by atoms with Crippen molar-refractivity contribution in [3.05, 3.63) is 68.8 Å². The zero-order valence-electron chi connectivity index (χ0n) is 14.7. The third-order valence-corrected chi connectivity index (χ3v) is 4.45. The lowest BCUT2D eigenvalue weighted by Crippen LogP contribution is -2.20. The lowest BCUT2D eigenvalue weighted by Gasteiger charge is -2.10. The summed E-state index contributed by atoms with van der Waals surface area (Å²) in [5.74, 6) is -1.29. The number of nitro benzene ring substituents is 1. The van der Waals surface area contributed by atoms with Gasteiger partial charge in [0.2, 0.25) is 5.91 Å². The first kappa shape index (κ1) is 18.2. The van der Waals surface area contributed by atoms with Crippen LogP contribution in [0.2, 0.25) is 0 Å². The Hall–Kier alpha value is -3.55. The Morgan fingerprint density at radius 3 is 2.59 bits per heavy atom. The summed E-state index contributed by atoms with van der Waals surface area (Å²) in [7, 11) is 1.66. The molecule has 0 bridgehead atoms. The Morgan fingerprint density at radius 1 is 1.19 bits per heavy atom. The number of benzene rings is 2. The number of likely N-dealkylation sites (N-methyl/N-ethyl adjacent to an activating group) is 1. The molecule has 1 heterocycles. The zero-order valence-corrected chi connectivity index (χ0v) is 14.7. The molecule has 138 valence electrons. The number of esters is 1. The molecule has 0 unspecified atom stereocenters. The van der Waals surface area contributed by atoms with Crippen LogP contribution in [0.25, 0.3) is 0 Å². The molecule has 0 fully saturated rings. The molecule has 3 rings (SSSR count). The van der Waals surface area contributed by atoms with Crippen molar-refractivity contribution in [1.29, 1.82) is 0 Å². The van der Waals surface area contributed by atoms with Crippen molar-refractivity contribution < 1.29 is 24.0 Å². The average molecular weight is 368 g/mol. The minimum atomic E-state index is -0.817. The van der Waals surface area contributed by atoms with Gasteiger partial charge >= 0.3 is 5.97 Å². The smallest absolute Gasteiger partial charge is 0.338 e. The molecule has 0 aromatic heterocycles. The lowest BCUT2D eigenvalue weighted by molar-refractivity contribution is -0.385. The van der Waals surface area contributed by atoms with E-state index in [0.29, 0.717) is 11.1 Å². The Kier molecular flexibility index (Phi) is 4.72. The van der Waals surface area contributed by atoms with E-state index in [1.165, 1.54) is 17.0 Å². The maximum atomic E-state index is 12.3. The second-order valence-corrected chi connectivity index (χ2v) is 6.23. The van der Waals surface area contributed by atoms with Crippen molar-refractivity contribution >= 4 is 29.0 Å². The molecule has 0 aliphatic carbocycles. The summed E-state index contributed by atoms with van der Waals surface area (Å²) in [5, 5.41) is 11.0. The van der Waals surface area contributed by atoms with E-state index in [1.54, 1.807) is 32.2 Å². The fourth-order valence-electron chi connectivity index (χ4n) is 2.87. The molecule has 0 spiro atoms. The number of rotatable bonds is 5. The summed E-state index contributed by atoms with van der Waals surface area (Å²) in [6.45, 7) is 1.07. The number of fused-ring (bicyclic) bond motifs is 1. The number of hydrogen-bond donors (Lipinski definition) is 0. The van der Waals surface area contributed by atoms with Crippen molar-refractivity contribution in [3.8, 4) is 0 Å². The molecule has 2 aromatic carbocycles. The van der Waals surface area contributed by atoms with Gasteiger partial charge < -0.3 is 9.64 Å². The van der Waals surface area contributed by atoms with Crippen LogP contribution < -0.4 is 4.90 Å². The van der Waals surface area contributed by atoms with Gasteiger partial charge in [0.25, 0.3) is 5.69 Å². The highest BCUT2D eigenvalue weighted by molar-refractivity contribution is 6.04. The molecule has 0 N–H and O–H groups in total. The number of nitro groups is 1. The van der Waals surface area contributed by atoms with Crippen molar-refractivity contribution in [2.24, 2.45) is 0 Å². The monoisotopic (exact) mass is 368 g/mol. The van der Waals surface area contributed by atoms with Gasteiger partial charge in [-0.05, 0) is 36.8 Å². The molecule has 0 saturated heterocycles. The zero-order chi connectivity index (χ0) is 19.7. The maximum absolute atomic E-state index is 12.3. The van der Waals surface area contributed by atoms with Gasteiger partial charge in [-0.1, -0.05) is 6.07 Å². The van der Waals surface area contributed by atoms with Crippen LogP contribution in [0, 0.1) is 17.0 Å². The number of carbonyl (C=O) groups excluding carboxylic acids is 3. The van der Waals surface area contributed by atoms with E-state index in [0.717, 1.165) is 17.3 Å². The van der Waals surface area contributed by atoms with Crippen LogP contribution in [0.3, 0.4) is 0 Å². The molecule has 2 aromatic rings. The number of ketones is 1. The van der Waals surface area contributed by atoms with Gasteiger partial charge in [-0.3, -0.25) is 19.7 Å². The van der Waals surface area contributed by atoms with Crippen LogP contribution in [0.1, 0.15) is 31.8 Å². The van der Waals surface area contributed by atoms with E-state index in [4.69, 9.17) is 4.74 Å². The van der Waals surface area contributed by atoms with Crippen LogP contribution in [-0.2, 0) is 16.0 Å². The number of Topliss-reactive ketones (excluding diaryl/α,β-unsaturated/α-hetero) is 1. The van der Waals surface area contributed by atoms with Gasteiger partial charge in [0.15, 0.2) is 12.4 Å². The summed E-state index contributed by atoms with van der Waals surface area (Å²) in [6, 6.07) is 8.85. The van der Waals surface area contributed by atoms with Crippen molar-refractivity contribution in [2.45, 2.75) is 13.3 Å². The highest BCUT2D eigenvalue weighted by atomic mass is 16.6. The molecule has 8 heteroatoms. The van der Waals surface area contributed by atoms with Gasteiger partial charge in [-0.25, -0.2) is 4.79 Å². The quantitative estimate of drug-likeness (QED) is 0.347. The maximum Gasteiger partial charge on any atom is 0.338 e. The fourth-order valence-corrected chi connectivity index (χ4v) is 2.87. The topological polar surface area (TPSA) is 107 Å². The first-order valence-electron chi connectivity index (χ1n) is 8.13. The van der Waals surface area contributed by atoms with Crippen molar-refractivity contribution in [2.75, 3.05) is 18.6 Å². The fraction of sp³-hybridized carbons (Fsp3) is 0.211. The number of hydrogen-bond acceptors (Lipinski definition) is 6. The average Bonchev–Trinajstić information content (AvgIpc) is 2.93. The van der Waals surface area contributed by atoms with Gasteiger partial charge in [0.1, 0.15) is 0 Å².